The Labute approximate surface area is 134 Å². The van der Waals surface area contributed by atoms with Crippen LogP contribution in [0.4, 0.5) is 0 Å². The van der Waals surface area contributed by atoms with Crippen molar-refractivity contribution in [3.05, 3.63) is 47.5 Å². The third-order valence-electron chi connectivity index (χ3n) is 5.64. The molecule has 2 nitrogen and oxygen atoms in total. The molecule has 1 aromatic rings. The lowest BCUT2D eigenvalue weighted by molar-refractivity contribution is -0.251. The summed E-state index contributed by atoms with van der Waals surface area (Å²) in [5.41, 5.74) is 3.03. The van der Waals surface area contributed by atoms with Crippen LogP contribution in [0.3, 0.4) is 0 Å². The molecule has 0 N–H and O–H groups in total. The van der Waals surface area contributed by atoms with Gasteiger partial charge in [0.25, 0.3) is 0 Å². The van der Waals surface area contributed by atoms with E-state index in [9.17, 15) is 0 Å². The maximum absolute atomic E-state index is 6.12. The van der Waals surface area contributed by atoms with Crippen molar-refractivity contribution in [1.82, 2.24) is 0 Å². The number of rotatable bonds is 3. The van der Waals surface area contributed by atoms with Gasteiger partial charge in [0.05, 0.1) is 13.2 Å². The summed E-state index contributed by atoms with van der Waals surface area (Å²) in [6.45, 7) is 8.57. The van der Waals surface area contributed by atoms with Crippen LogP contribution in [0.15, 0.2) is 42.0 Å². The van der Waals surface area contributed by atoms with Crippen molar-refractivity contribution in [1.29, 1.82) is 0 Å². The molecule has 1 saturated heterocycles. The summed E-state index contributed by atoms with van der Waals surface area (Å²) in [5.74, 6) is 1.16. The summed E-state index contributed by atoms with van der Waals surface area (Å²) < 4.78 is 12.2. The van der Waals surface area contributed by atoms with Gasteiger partial charge in [0.1, 0.15) is 0 Å². The van der Waals surface area contributed by atoms with Crippen LogP contribution in [0.25, 0.3) is 0 Å². The second-order valence-corrected chi connectivity index (χ2v) is 7.22. The lowest BCUT2D eigenvalue weighted by Crippen LogP contribution is -2.50. The van der Waals surface area contributed by atoms with Crippen molar-refractivity contribution in [3.63, 3.8) is 0 Å². The topological polar surface area (TPSA) is 18.5 Å². The van der Waals surface area contributed by atoms with Gasteiger partial charge in [0, 0.05) is 11.8 Å². The van der Waals surface area contributed by atoms with Gasteiger partial charge < -0.3 is 9.47 Å². The fourth-order valence-electron chi connectivity index (χ4n) is 4.03. The molecule has 22 heavy (non-hydrogen) atoms. The Morgan fingerprint density at radius 2 is 1.77 bits per heavy atom. The molecule has 0 unspecified atom stereocenters. The SMILES string of the molecule is CC1=C[C@@H](C)C2(COC(CCc3ccccc3)OC2)[C@H](C)C1. The fourth-order valence-corrected chi connectivity index (χ4v) is 4.03. The maximum atomic E-state index is 6.12. The fraction of sp³-hybridized carbons (Fsp3) is 0.600. The molecule has 0 bridgehead atoms. The van der Waals surface area contributed by atoms with E-state index in [4.69, 9.17) is 9.47 Å². The van der Waals surface area contributed by atoms with Gasteiger partial charge >= 0.3 is 0 Å². The van der Waals surface area contributed by atoms with Crippen molar-refractivity contribution < 1.29 is 9.47 Å². The molecular formula is C20H28O2. The molecule has 0 aromatic heterocycles. The Morgan fingerprint density at radius 1 is 1.09 bits per heavy atom. The zero-order chi connectivity index (χ0) is 15.6. The van der Waals surface area contributed by atoms with E-state index < -0.39 is 0 Å². The number of benzene rings is 1. The zero-order valence-electron chi connectivity index (χ0n) is 14.0. The lowest BCUT2D eigenvalue weighted by Gasteiger charge is -2.49. The van der Waals surface area contributed by atoms with Crippen molar-refractivity contribution in [3.8, 4) is 0 Å². The highest BCUT2D eigenvalue weighted by Gasteiger charge is 2.46. The summed E-state index contributed by atoms with van der Waals surface area (Å²) in [7, 11) is 0. The molecule has 0 radical (unpaired) electrons. The van der Waals surface area contributed by atoms with E-state index in [2.05, 4.69) is 57.2 Å². The Morgan fingerprint density at radius 3 is 2.41 bits per heavy atom. The molecule has 1 aromatic carbocycles. The average molecular weight is 300 g/mol. The first kappa shape index (κ1) is 15.8. The molecular weight excluding hydrogens is 272 g/mol. The van der Waals surface area contributed by atoms with E-state index in [1.54, 1.807) is 0 Å². The monoisotopic (exact) mass is 300 g/mol. The first-order valence-corrected chi connectivity index (χ1v) is 8.54. The molecule has 2 aliphatic rings. The summed E-state index contributed by atoms with van der Waals surface area (Å²) in [6, 6.07) is 10.6. The van der Waals surface area contributed by atoms with Crippen molar-refractivity contribution in [2.45, 2.75) is 46.3 Å². The van der Waals surface area contributed by atoms with Gasteiger partial charge in [0.15, 0.2) is 6.29 Å². The van der Waals surface area contributed by atoms with Crippen LogP contribution in [0.1, 0.15) is 39.2 Å². The molecule has 0 amide bonds. The molecule has 2 atom stereocenters. The minimum absolute atomic E-state index is 0.0442. The van der Waals surface area contributed by atoms with Crippen LogP contribution in [0.2, 0.25) is 0 Å². The van der Waals surface area contributed by atoms with E-state index in [0.717, 1.165) is 26.1 Å². The molecule has 0 saturated carbocycles. The van der Waals surface area contributed by atoms with E-state index in [0.29, 0.717) is 11.8 Å². The highest BCUT2D eigenvalue weighted by atomic mass is 16.7. The van der Waals surface area contributed by atoms with Crippen LogP contribution in [-0.4, -0.2) is 19.5 Å². The van der Waals surface area contributed by atoms with Gasteiger partial charge in [0.2, 0.25) is 0 Å². The van der Waals surface area contributed by atoms with Crippen molar-refractivity contribution in [2.75, 3.05) is 13.2 Å². The van der Waals surface area contributed by atoms with E-state index in [-0.39, 0.29) is 11.7 Å². The highest BCUT2D eigenvalue weighted by molar-refractivity contribution is 5.15. The quantitative estimate of drug-likeness (QED) is 0.759. The third kappa shape index (κ3) is 3.13. The lowest BCUT2D eigenvalue weighted by atomic mass is 9.63. The Kier molecular flexibility index (Phi) is 4.70. The van der Waals surface area contributed by atoms with E-state index in [1.165, 1.54) is 17.6 Å². The summed E-state index contributed by atoms with van der Waals surface area (Å²) in [4.78, 5) is 0. The van der Waals surface area contributed by atoms with Crippen LogP contribution in [-0.2, 0) is 15.9 Å². The number of hydrogen-bond donors (Lipinski definition) is 0. The largest absolute Gasteiger partial charge is 0.352 e. The normalized spacial score (nSPS) is 35.4. The standard InChI is InChI=1S/C20H28O2/c1-15-11-16(2)20(17(3)12-15)13-21-19(22-14-20)10-9-18-7-5-4-6-8-18/h4-8,11,16-17,19H,9-10,12-14H2,1-3H3/t16-,17-,19?,20?/m1/s1. The Bertz CT molecular complexity index is 512. The average Bonchev–Trinajstić information content (AvgIpc) is 2.53. The van der Waals surface area contributed by atoms with Gasteiger partial charge in [-0.05, 0) is 37.2 Å². The van der Waals surface area contributed by atoms with Crippen LogP contribution >= 0.6 is 0 Å². The molecule has 2 heteroatoms. The molecule has 3 rings (SSSR count). The van der Waals surface area contributed by atoms with Crippen molar-refractivity contribution >= 4 is 0 Å². The summed E-state index contributed by atoms with van der Waals surface area (Å²) >= 11 is 0. The van der Waals surface area contributed by atoms with Crippen molar-refractivity contribution in [2.24, 2.45) is 17.3 Å². The second-order valence-electron chi connectivity index (χ2n) is 7.22. The number of allylic oxidation sites excluding steroid dienone is 2. The van der Waals surface area contributed by atoms with Gasteiger partial charge in [-0.2, -0.15) is 0 Å². The van der Waals surface area contributed by atoms with Crippen LogP contribution < -0.4 is 0 Å². The Balaban J connectivity index is 1.56. The molecule has 120 valence electrons. The number of aryl methyl sites for hydroxylation is 1. The molecule has 1 spiro atoms. The second kappa shape index (κ2) is 6.55. The predicted octanol–water partition coefficient (Wildman–Crippen LogP) is 4.60. The third-order valence-corrected chi connectivity index (χ3v) is 5.64. The number of ether oxygens (including phenoxy) is 2. The van der Waals surface area contributed by atoms with Crippen LogP contribution in [0.5, 0.6) is 0 Å². The molecule has 1 fully saturated rings. The minimum atomic E-state index is -0.0442. The van der Waals surface area contributed by atoms with Gasteiger partial charge in [-0.15, -0.1) is 0 Å². The number of hydrogen-bond acceptors (Lipinski definition) is 2. The van der Waals surface area contributed by atoms with Crippen LogP contribution in [0, 0.1) is 17.3 Å². The molecule has 1 aliphatic heterocycles. The highest BCUT2D eigenvalue weighted by Crippen LogP contribution is 2.47. The summed E-state index contributed by atoms with van der Waals surface area (Å²) in [6.07, 6.45) is 5.50. The first-order valence-electron chi connectivity index (χ1n) is 8.54. The first-order chi connectivity index (χ1) is 10.6. The summed E-state index contributed by atoms with van der Waals surface area (Å²) in [5, 5.41) is 0. The minimum Gasteiger partial charge on any atom is -0.352 e. The maximum Gasteiger partial charge on any atom is 0.157 e. The van der Waals surface area contributed by atoms with Gasteiger partial charge in [-0.3, -0.25) is 0 Å². The molecule has 1 heterocycles. The predicted molar refractivity (Wildman–Crippen MR) is 89.6 cm³/mol. The van der Waals surface area contributed by atoms with Gasteiger partial charge in [-0.25, -0.2) is 0 Å². The smallest absolute Gasteiger partial charge is 0.157 e. The van der Waals surface area contributed by atoms with E-state index >= 15 is 0 Å². The van der Waals surface area contributed by atoms with Gasteiger partial charge in [-0.1, -0.05) is 55.8 Å². The van der Waals surface area contributed by atoms with E-state index in [1.807, 2.05) is 0 Å². The Hall–Kier alpha value is -1.12. The zero-order valence-corrected chi connectivity index (χ0v) is 14.0. The molecule has 1 aliphatic carbocycles.